The summed E-state index contributed by atoms with van der Waals surface area (Å²) in [5.74, 6) is 0.675. The molecule has 1 atom stereocenters. The quantitative estimate of drug-likeness (QED) is 0.747. The van der Waals surface area contributed by atoms with Gasteiger partial charge in [-0.3, -0.25) is 4.79 Å². The summed E-state index contributed by atoms with van der Waals surface area (Å²) in [6, 6.07) is 0.368. The lowest BCUT2D eigenvalue weighted by molar-refractivity contribution is 0.0634. The van der Waals surface area contributed by atoms with E-state index in [1.165, 1.54) is 45.2 Å². The highest BCUT2D eigenvalue weighted by Gasteiger charge is 2.30. The van der Waals surface area contributed by atoms with Crippen LogP contribution in [0.3, 0.4) is 0 Å². The average Bonchev–Trinajstić information content (AvgIpc) is 2.93. The highest BCUT2D eigenvalue weighted by molar-refractivity contribution is 5.93. The lowest BCUT2D eigenvalue weighted by Crippen LogP contribution is -2.44. The van der Waals surface area contributed by atoms with E-state index >= 15 is 0 Å². The van der Waals surface area contributed by atoms with Crippen LogP contribution in [0, 0.1) is 12.8 Å². The normalized spacial score (nSPS) is 23.9. The van der Waals surface area contributed by atoms with Gasteiger partial charge in [0.2, 0.25) is 0 Å². The van der Waals surface area contributed by atoms with Crippen molar-refractivity contribution in [2.24, 2.45) is 5.92 Å². The third-order valence-corrected chi connectivity index (χ3v) is 6.81. The summed E-state index contributed by atoms with van der Waals surface area (Å²) in [6.45, 7) is 9.36. The zero-order valence-electron chi connectivity index (χ0n) is 18.2. The minimum atomic E-state index is 0. The Labute approximate surface area is 193 Å². The number of hydrogen-bond acceptors (Lipinski definition) is 5. The van der Waals surface area contributed by atoms with Gasteiger partial charge in [0.1, 0.15) is 0 Å². The molecule has 1 aromatic rings. The standard InChI is InChI=1S/C21H36N6O.2ClH/c1-17-20(23-24-27(17)19-8-10-22-11-9-19)21(28)26-14-6-7-18(16-26)15-25-12-4-2-3-5-13-25;;/h18-19,22H,2-16H2,1H3;2*1H. The Balaban J connectivity index is 0.00000160. The van der Waals surface area contributed by atoms with Crippen LogP contribution in [-0.4, -0.2) is 76.5 Å². The van der Waals surface area contributed by atoms with Gasteiger partial charge in [0.25, 0.3) is 5.91 Å². The molecule has 1 unspecified atom stereocenters. The summed E-state index contributed by atoms with van der Waals surface area (Å²) in [5, 5.41) is 12.1. The van der Waals surface area contributed by atoms with Gasteiger partial charge in [-0.2, -0.15) is 0 Å². The van der Waals surface area contributed by atoms with E-state index in [1.54, 1.807) is 0 Å². The van der Waals surface area contributed by atoms with Crippen molar-refractivity contribution in [2.45, 2.75) is 64.3 Å². The van der Waals surface area contributed by atoms with Gasteiger partial charge >= 0.3 is 0 Å². The first kappa shape index (κ1) is 25.4. The number of nitrogens with zero attached hydrogens (tertiary/aromatic N) is 5. The number of hydrogen-bond donors (Lipinski definition) is 1. The molecule has 4 rings (SSSR count). The van der Waals surface area contributed by atoms with E-state index in [2.05, 4.69) is 20.5 Å². The fourth-order valence-electron chi connectivity index (χ4n) is 5.17. The zero-order valence-corrected chi connectivity index (χ0v) is 19.9. The maximum atomic E-state index is 13.2. The van der Waals surface area contributed by atoms with Gasteiger partial charge < -0.3 is 15.1 Å². The van der Waals surface area contributed by atoms with Crippen molar-refractivity contribution in [3.05, 3.63) is 11.4 Å². The smallest absolute Gasteiger partial charge is 0.276 e. The Morgan fingerprint density at radius 2 is 1.70 bits per heavy atom. The van der Waals surface area contributed by atoms with Crippen LogP contribution in [-0.2, 0) is 0 Å². The Morgan fingerprint density at radius 1 is 1.00 bits per heavy atom. The molecule has 0 saturated carbocycles. The second-order valence-electron chi connectivity index (χ2n) is 8.92. The van der Waals surface area contributed by atoms with Crippen molar-refractivity contribution in [2.75, 3.05) is 45.8 Å². The van der Waals surface area contributed by atoms with Crippen LogP contribution in [0.2, 0.25) is 0 Å². The van der Waals surface area contributed by atoms with Crippen molar-refractivity contribution < 1.29 is 4.79 Å². The molecule has 3 fully saturated rings. The van der Waals surface area contributed by atoms with Gasteiger partial charge in [-0.1, -0.05) is 18.1 Å². The molecule has 3 aliphatic heterocycles. The molecule has 3 saturated heterocycles. The number of nitrogens with one attached hydrogen (secondary N) is 1. The molecule has 1 N–H and O–H groups in total. The van der Waals surface area contributed by atoms with E-state index in [4.69, 9.17) is 0 Å². The third kappa shape index (κ3) is 6.09. The fourth-order valence-corrected chi connectivity index (χ4v) is 5.17. The second kappa shape index (κ2) is 12.2. The van der Waals surface area contributed by atoms with Crippen LogP contribution in [0.25, 0.3) is 0 Å². The van der Waals surface area contributed by atoms with Crippen molar-refractivity contribution >= 4 is 30.7 Å². The van der Waals surface area contributed by atoms with E-state index in [0.29, 0.717) is 17.7 Å². The number of halogens is 2. The molecule has 0 bridgehead atoms. The molecule has 172 valence electrons. The summed E-state index contributed by atoms with van der Waals surface area (Å²) in [4.78, 5) is 17.9. The number of rotatable bonds is 4. The van der Waals surface area contributed by atoms with E-state index in [-0.39, 0.29) is 30.7 Å². The molecule has 1 amide bonds. The number of carbonyl (C=O) groups excluding carboxylic acids is 1. The lowest BCUT2D eigenvalue weighted by atomic mass is 9.97. The first-order valence-electron chi connectivity index (χ1n) is 11.4. The van der Waals surface area contributed by atoms with Gasteiger partial charge in [0.15, 0.2) is 5.69 Å². The fraction of sp³-hybridized carbons (Fsp3) is 0.857. The Kier molecular flexibility index (Phi) is 10.3. The number of likely N-dealkylation sites (tertiary alicyclic amines) is 2. The zero-order chi connectivity index (χ0) is 19.3. The van der Waals surface area contributed by atoms with Crippen LogP contribution in [0.5, 0.6) is 0 Å². The average molecular weight is 461 g/mol. The van der Waals surface area contributed by atoms with Crippen LogP contribution < -0.4 is 5.32 Å². The predicted octanol–water partition coefficient (Wildman–Crippen LogP) is 3.08. The molecule has 7 nitrogen and oxygen atoms in total. The maximum absolute atomic E-state index is 13.2. The van der Waals surface area contributed by atoms with Crippen molar-refractivity contribution in [3.8, 4) is 0 Å². The molecule has 0 spiro atoms. The lowest BCUT2D eigenvalue weighted by Gasteiger charge is -2.35. The van der Waals surface area contributed by atoms with Crippen LogP contribution in [0.4, 0.5) is 0 Å². The van der Waals surface area contributed by atoms with Gasteiger partial charge in [-0.25, -0.2) is 4.68 Å². The highest BCUT2D eigenvalue weighted by Crippen LogP contribution is 2.24. The summed E-state index contributed by atoms with van der Waals surface area (Å²) >= 11 is 0. The molecule has 0 aromatic carbocycles. The van der Waals surface area contributed by atoms with Crippen LogP contribution >= 0.6 is 24.8 Å². The molecule has 9 heteroatoms. The van der Waals surface area contributed by atoms with Gasteiger partial charge in [0, 0.05) is 19.6 Å². The second-order valence-corrected chi connectivity index (χ2v) is 8.92. The van der Waals surface area contributed by atoms with Crippen LogP contribution in [0.1, 0.15) is 73.6 Å². The number of piperidine rings is 2. The largest absolute Gasteiger partial charge is 0.337 e. The Bertz CT molecular complexity index is 656. The molecular weight excluding hydrogens is 423 g/mol. The first-order chi connectivity index (χ1) is 13.7. The first-order valence-corrected chi connectivity index (χ1v) is 11.4. The molecule has 30 heavy (non-hydrogen) atoms. The summed E-state index contributed by atoms with van der Waals surface area (Å²) in [5.41, 5.74) is 1.50. The number of carbonyl (C=O) groups is 1. The Hall–Kier alpha value is -0.890. The predicted molar refractivity (Wildman–Crippen MR) is 124 cm³/mol. The van der Waals surface area contributed by atoms with Crippen molar-refractivity contribution in [1.29, 1.82) is 0 Å². The SMILES string of the molecule is Cc1c(C(=O)N2CCCC(CN3CCCCCC3)C2)nnn1C1CCNCC1.Cl.Cl. The van der Waals surface area contributed by atoms with E-state index in [1.807, 2.05) is 16.5 Å². The van der Waals surface area contributed by atoms with Gasteiger partial charge in [0.05, 0.1) is 11.7 Å². The molecule has 0 radical (unpaired) electrons. The van der Waals surface area contributed by atoms with Gasteiger partial charge in [-0.15, -0.1) is 29.9 Å². The van der Waals surface area contributed by atoms with Crippen molar-refractivity contribution in [1.82, 2.24) is 30.1 Å². The van der Waals surface area contributed by atoms with E-state index < -0.39 is 0 Å². The summed E-state index contributed by atoms with van der Waals surface area (Å²) in [7, 11) is 0. The molecule has 0 aliphatic carbocycles. The summed E-state index contributed by atoms with van der Waals surface area (Å²) in [6.07, 6.45) is 9.85. The monoisotopic (exact) mass is 460 g/mol. The minimum Gasteiger partial charge on any atom is -0.337 e. The highest BCUT2D eigenvalue weighted by atomic mass is 35.5. The number of amides is 1. The van der Waals surface area contributed by atoms with E-state index in [0.717, 1.165) is 57.7 Å². The summed E-state index contributed by atoms with van der Waals surface area (Å²) < 4.78 is 1.99. The number of aromatic nitrogens is 3. The minimum absolute atomic E-state index is 0. The Morgan fingerprint density at radius 3 is 2.40 bits per heavy atom. The molecule has 1 aromatic heterocycles. The van der Waals surface area contributed by atoms with Crippen LogP contribution in [0.15, 0.2) is 0 Å². The third-order valence-electron chi connectivity index (χ3n) is 6.81. The topological polar surface area (TPSA) is 66.3 Å². The molecular formula is C21H38Cl2N6O. The van der Waals surface area contributed by atoms with Gasteiger partial charge in [-0.05, 0) is 77.5 Å². The maximum Gasteiger partial charge on any atom is 0.276 e. The molecule has 3 aliphatic rings. The molecule has 4 heterocycles. The van der Waals surface area contributed by atoms with E-state index in [9.17, 15) is 4.79 Å². The van der Waals surface area contributed by atoms with Crippen molar-refractivity contribution in [3.63, 3.8) is 0 Å².